The molecule has 0 N–H and O–H groups in total. The van der Waals surface area contributed by atoms with Gasteiger partial charge in [-0.15, -0.1) is 0 Å². The first-order valence-corrected chi connectivity index (χ1v) is 14.8. The smallest absolute Gasteiger partial charge is 0.340 e. The number of nitrogens with zero attached hydrogens (tertiary/aromatic N) is 2. The lowest BCUT2D eigenvalue weighted by Crippen LogP contribution is -2.30. The number of sulfonamides is 1. The molecule has 8 nitrogen and oxygen atoms in total. The van der Waals surface area contributed by atoms with Gasteiger partial charge in [-0.1, -0.05) is 60.2 Å². The van der Waals surface area contributed by atoms with Crippen molar-refractivity contribution >= 4 is 33.7 Å². The number of furan rings is 1. The van der Waals surface area contributed by atoms with Crippen LogP contribution in [0.25, 0.3) is 6.08 Å². The van der Waals surface area contributed by atoms with Gasteiger partial charge >= 0.3 is 5.97 Å². The van der Waals surface area contributed by atoms with Gasteiger partial charge in [-0.2, -0.15) is 4.31 Å². The summed E-state index contributed by atoms with van der Waals surface area (Å²) in [6.07, 6.45) is 1.37. The second-order valence-corrected chi connectivity index (χ2v) is 11.9. The van der Waals surface area contributed by atoms with Gasteiger partial charge in [0.2, 0.25) is 10.0 Å². The Balaban J connectivity index is 1.49. The van der Waals surface area contributed by atoms with Crippen molar-refractivity contribution in [3.63, 3.8) is 0 Å². The summed E-state index contributed by atoms with van der Waals surface area (Å²) in [5, 5.41) is 0. The lowest BCUT2D eigenvalue weighted by molar-refractivity contribution is -0.136. The Hall–Kier alpha value is -4.80. The number of carbonyl (C=O) groups is 2. The summed E-state index contributed by atoms with van der Waals surface area (Å²) in [6.45, 7) is 3.41. The number of amides is 1. The summed E-state index contributed by atoms with van der Waals surface area (Å²) >= 11 is 0. The molecule has 43 heavy (non-hydrogen) atoms. The number of para-hydroxylation sites is 1. The molecule has 4 aromatic rings. The van der Waals surface area contributed by atoms with Crippen molar-refractivity contribution in [1.29, 1.82) is 0 Å². The average Bonchev–Trinajstić information content (AvgIpc) is 3.54. The molecular weight excluding hydrogens is 571 g/mol. The molecular formula is C33H29FN2O6S. The Kier molecular flexibility index (Phi) is 8.43. The number of benzene rings is 3. The van der Waals surface area contributed by atoms with Crippen molar-refractivity contribution in [2.75, 3.05) is 12.0 Å². The van der Waals surface area contributed by atoms with E-state index in [9.17, 15) is 22.4 Å². The molecule has 1 aromatic heterocycles. The second kappa shape index (κ2) is 12.2. The highest BCUT2D eigenvalue weighted by Gasteiger charge is 2.39. The highest BCUT2D eigenvalue weighted by atomic mass is 32.2. The van der Waals surface area contributed by atoms with Gasteiger partial charge in [0, 0.05) is 12.2 Å². The molecule has 0 spiro atoms. The van der Waals surface area contributed by atoms with Gasteiger partial charge < -0.3 is 9.15 Å². The summed E-state index contributed by atoms with van der Waals surface area (Å²) in [4.78, 5) is 27.5. The Labute approximate surface area is 249 Å². The van der Waals surface area contributed by atoms with E-state index in [4.69, 9.17) is 9.15 Å². The van der Waals surface area contributed by atoms with Gasteiger partial charge in [0.1, 0.15) is 17.3 Å². The molecule has 0 saturated carbocycles. The van der Waals surface area contributed by atoms with Crippen molar-refractivity contribution in [2.24, 2.45) is 0 Å². The fourth-order valence-corrected chi connectivity index (χ4v) is 6.24. The average molecular weight is 601 g/mol. The van der Waals surface area contributed by atoms with Gasteiger partial charge in [-0.25, -0.2) is 17.6 Å². The van der Waals surface area contributed by atoms with Crippen molar-refractivity contribution in [1.82, 2.24) is 4.31 Å². The first-order chi connectivity index (χ1) is 20.6. The summed E-state index contributed by atoms with van der Waals surface area (Å²) in [7, 11) is -2.72. The van der Waals surface area contributed by atoms with Crippen LogP contribution >= 0.6 is 0 Å². The highest BCUT2D eigenvalue weighted by molar-refractivity contribution is 7.89. The van der Waals surface area contributed by atoms with Crippen molar-refractivity contribution in [2.45, 2.75) is 31.8 Å². The Morgan fingerprint density at radius 2 is 1.60 bits per heavy atom. The topological polar surface area (TPSA) is 97.1 Å². The minimum atomic E-state index is -3.92. The molecule has 1 aliphatic heterocycles. The molecule has 2 heterocycles. The number of hydrogen-bond donors (Lipinski definition) is 0. The van der Waals surface area contributed by atoms with Crippen LogP contribution in [0.2, 0.25) is 0 Å². The molecule has 0 saturated heterocycles. The third-order valence-corrected chi connectivity index (χ3v) is 8.85. The predicted octanol–water partition coefficient (Wildman–Crippen LogP) is 6.00. The maximum atomic E-state index is 14.6. The van der Waals surface area contributed by atoms with Gasteiger partial charge in [0.25, 0.3) is 5.91 Å². The van der Waals surface area contributed by atoms with E-state index in [1.165, 1.54) is 42.6 Å². The molecule has 5 rings (SSSR count). The maximum absolute atomic E-state index is 14.6. The van der Waals surface area contributed by atoms with Gasteiger partial charge in [0.05, 0.1) is 35.4 Å². The molecule has 0 atom stereocenters. The van der Waals surface area contributed by atoms with Crippen molar-refractivity contribution in [3.8, 4) is 0 Å². The van der Waals surface area contributed by atoms with E-state index in [0.717, 1.165) is 16.0 Å². The van der Waals surface area contributed by atoms with E-state index in [1.807, 2.05) is 37.3 Å². The predicted molar refractivity (Wildman–Crippen MR) is 159 cm³/mol. The molecule has 220 valence electrons. The Morgan fingerprint density at radius 1 is 0.930 bits per heavy atom. The van der Waals surface area contributed by atoms with Crippen LogP contribution in [0.15, 0.2) is 117 Å². The number of allylic oxidation sites excluding steroid dienone is 1. The number of halogens is 1. The first kappa shape index (κ1) is 29.7. The Morgan fingerprint density at radius 3 is 2.28 bits per heavy atom. The van der Waals surface area contributed by atoms with Crippen LogP contribution in [0, 0.1) is 12.7 Å². The second-order valence-electron chi connectivity index (χ2n) is 9.98. The zero-order chi connectivity index (χ0) is 30.7. The molecule has 0 unspecified atom stereocenters. The number of rotatable bonds is 9. The van der Waals surface area contributed by atoms with Crippen molar-refractivity contribution < 1.29 is 31.6 Å². The van der Waals surface area contributed by atoms with E-state index < -0.39 is 27.7 Å². The van der Waals surface area contributed by atoms with Crippen LogP contribution in [-0.4, -0.2) is 31.7 Å². The Bertz CT molecular complexity index is 1840. The number of carbonyl (C=O) groups excluding carboxylic acids is 2. The summed E-state index contributed by atoms with van der Waals surface area (Å²) in [5.74, 6) is -1.51. The third kappa shape index (κ3) is 6.06. The van der Waals surface area contributed by atoms with Gasteiger partial charge in [-0.3, -0.25) is 9.69 Å². The summed E-state index contributed by atoms with van der Waals surface area (Å²) < 4.78 is 54.3. The van der Waals surface area contributed by atoms with Gasteiger partial charge in [-0.05, 0) is 61.9 Å². The zero-order valence-electron chi connectivity index (χ0n) is 23.8. The van der Waals surface area contributed by atoms with Crippen LogP contribution < -0.4 is 4.90 Å². The summed E-state index contributed by atoms with van der Waals surface area (Å²) in [6, 6.07) is 24.7. The lowest BCUT2D eigenvalue weighted by atomic mass is 10.1. The minimum absolute atomic E-state index is 0.00666. The number of anilines is 1. The van der Waals surface area contributed by atoms with Gasteiger partial charge in [0.15, 0.2) is 0 Å². The summed E-state index contributed by atoms with van der Waals surface area (Å²) in [5.41, 5.74) is 1.86. The third-order valence-electron chi connectivity index (χ3n) is 7.04. The van der Waals surface area contributed by atoms with E-state index in [2.05, 4.69) is 0 Å². The van der Waals surface area contributed by atoms with Crippen LogP contribution in [-0.2, 0) is 37.4 Å². The molecule has 3 aromatic carbocycles. The molecule has 0 aliphatic carbocycles. The normalized spacial score (nSPS) is 14.7. The quantitative estimate of drug-likeness (QED) is 0.173. The molecule has 0 fully saturated rings. The first-order valence-electron chi connectivity index (χ1n) is 13.4. The van der Waals surface area contributed by atoms with E-state index in [1.54, 1.807) is 42.5 Å². The largest absolute Gasteiger partial charge is 0.465 e. The number of esters is 1. The molecule has 10 heteroatoms. The lowest BCUT2D eigenvalue weighted by Gasteiger charge is -2.21. The molecule has 1 aliphatic rings. The standard InChI is InChI=1S/C33H29FN2O6S/c1-22-13-17-27(18-14-22)43(39,40)35(20-24-9-5-4-6-10-24)21-26-16-15-25(42-26)19-28-31(33(38)41-3)23(2)36(32(28)37)30-12-8-7-11-29(30)34/h4-19H,20-21H2,1-3H3/b28-19+. The van der Waals surface area contributed by atoms with E-state index >= 15 is 0 Å². The van der Waals surface area contributed by atoms with E-state index in [0.29, 0.717) is 5.76 Å². The fourth-order valence-electron chi connectivity index (χ4n) is 4.85. The molecule has 0 bridgehead atoms. The SMILES string of the molecule is COC(=O)C1=C(C)N(c2ccccc2F)C(=O)/C1=C/c1ccc(CN(Cc2ccccc2)S(=O)(=O)c2ccc(C)cc2)o1. The number of ether oxygens (including phenoxy) is 1. The fraction of sp³-hybridized carbons (Fsp3) is 0.152. The zero-order valence-corrected chi connectivity index (χ0v) is 24.6. The van der Waals surface area contributed by atoms with E-state index in [-0.39, 0.29) is 46.3 Å². The number of hydrogen-bond acceptors (Lipinski definition) is 6. The molecule has 0 radical (unpaired) electrons. The highest BCUT2D eigenvalue weighted by Crippen LogP contribution is 2.36. The number of methoxy groups -OCH3 is 1. The molecule has 1 amide bonds. The monoisotopic (exact) mass is 600 g/mol. The van der Waals surface area contributed by atoms with Crippen LogP contribution in [0.3, 0.4) is 0 Å². The minimum Gasteiger partial charge on any atom is -0.465 e. The van der Waals surface area contributed by atoms with Crippen LogP contribution in [0.4, 0.5) is 10.1 Å². The maximum Gasteiger partial charge on any atom is 0.340 e. The number of aryl methyl sites for hydroxylation is 1. The van der Waals surface area contributed by atoms with Crippen molar-refractivity contribution in [3.05, 3.63) is 136 Å². The van der Waals surface area contributed by atoms with Crippen LogP contribution in [0.1, 0.15) is 29.6 Å². The van der Waals surface area contributed by atoms with Crippen LogP contribution in [0.5, 0.6) is 0 Å².